The van der Waals surface area contributed by atoms with Crippen molar-refractivity contribution >= 4 is 5.97 Å². The first-order chi connectivity index (χ1) is 13.5. The fourth-order valence-corrected chi connectivity index (χ4v) is 3.74. The number of carbonyl (C=O) groups is 1. The van der Waals surface area contributed by atoms with Gasteiger partial charge in [-0.25, -0.2) is 4.79 Å². The molecule has 2 heteroatoms. The quantitative estimate of drug-likeness (QED) is 0.211. The summed E-state index contributed by atoms with van der Waals surface area (Å²) >= 11 is 0. The van der Waals surface area contributed by atoms with Crippen molar-refractivity contribution < 1.29 is 9.53 Å². The van der Waals surface area contributed by atoms with Crippen LogP contribution in [0.15, 0.2) is 24.3 Å². The molecule has 0 bridgehead atoms. The fourth-order valence-electron chi connectivity index (χ4n) is 3.74. The van der Waals surface area contributed by atoms with E-state index in [1.165, 1.54) is 69.8 Å². The summed E-state index contributed by atoms with van der Waals surface area (Å²) in [5.41, 5.74) is 2.11. The van der Waals surface area contributed by atoms with Gasteiger partial charge in [0.1, 0.15) is 0 Å². The molecule has 0 spiro atoms. The maximum absolute atomic E-state index is 12.5. The Kier molecular flexibility index (Phi) is 12.9. The van der Waals surface area contributed by atoms with E-state index in [1.54, 1.807) is 0 Å². The van der Waals surface area contributed by atoms with E-state index in [0.29, 0.717) is 12.2 Å². The van der Waals surface area contributed by atoms with Crippen LogP contribution in [0.2, 0.25) is 0 Å². The first-order valence-corrected chi connectivity index (χ1v) is 11.8. The molecule has 160 valence electrons. The zero-order valence-corrected chi connectivity index (χ0v) is 19.0. The molecule has 1 aromatic rings. The minimum atomic E-state index is -0.172. The normalized spacial score (nSPS) is 13.3. The highest BCUT2D eigenvalue weighted by Crippen LogP contribution is 2.31. The van der Waals surface area contributed by atoms with E-state index in [2.05, 4.69) is 39.8 Å². The summed E-state index contributed by atoms with van der Waals surface area (Å²) in [7, 11) is 0. The van der Waals surface area contributed by atoms with Crippen molar-refractivity contribution in [1.29, 1.82) is 0 Å². The molecular formula is C26H44O2. The van der Waals surface area contributed by atoms with Gasteiger partial charge < -0.3 is 4.74 Å². The first kappa shape index (κ1) is 24.7. The third-order valence-electron chi connectivity index (χ3n) is 5.83. The molecule has 28 heavy (non-hydrogen) atoms. The minimum absolute atomic E-state index is 0.110. The molecule has 1 unspecified atom stereocenters. The smallest absolute Gasteiger partial charge is 0.338 e. The van der Waals surface area contributed by atoms with Crippen molar-refractivity contribution in [2.75, 3.05) is 6.61 Å². The predicted molar refractivity (Wildman–Crippen MR) is 121 cm³/mol. The lowest BCUT2D eigenvalue weighted by Gasteiger charge is -2.29. The van der Waals surface area contributed by atoms with Crippen LogP contribution in [0.5, 0.6) is 0 Å². The summed E-state index contributed by atoms with van der Waals surface area (Å²) in [4.78, 5) is 12.5. The lowest BCUT2D eigenvalue weighted by atomic mass is 9.80. The topological polar surface area (TPSA) is 26.3 Å². The highest BCUT2D eigenvalue weighted by Gasteiger charge is 2.25. The average molecular weight is 389 g/mol. The molecule has 0 fully saturated rings. The van der Waals surface area contributed by atoms with E-state index in [9.17, 15) is 4.79 Å². The van der Waals surface area contributed by atoms with E-state index in [0.717, 1.165) is 19.3 Å². The fraction of sp³-hybridized carbons (Fsp3) is 0.731. The van der Waals surface area contributed by atoms with Gasteiger partial charge in [0.25, 0.3) is 0 Å². The monoisotopic (exact) mass is 388 g/mol. The van der Waals surface area contributed by atoms with Crippen molar-refractivity contribution in [3.05, 3.63) is 35.4 Å². The van der Waals surface area contributed by atoms with Gasteiger partial charge in [0.2, 0.25) is 0 Å². The standard InChI is InChI=1S/C26H44O2/c1-5-8-11-13-15-23-16-18-24(19-17-23)25(27)28-22-26(4,20-10-7-3)21-14-12-9-6-2/h16-19H,5-15,20-22H2,1-4H3. The predicted octanol–water partition coefficient (Wildman–Crippen LogP) is 8.13. The molecule has 0 aliphatic rings. The molecule has 1 rings (SSSR count). The molecule has 0 heterocycles. The zero-order valence-electron chi connectivity index (χ0n) is 19.0. The number of aryl methyl sites for hydroxylation is 1. The summed E-state index contributed by atoms with van der Waals surface area (Å²) in [6, 6.07) is 8.04. The summed E-state index contributed by atoms with van der Waals surface area (Å²) in [5.74, 6) is -0.172. The molecule has 0 aliphatic heterocycles. The molecule has 1 aromatic carbocycles. The average Bonchev–Trinajstić information content (AvgIpc) is 2.72. The van der Waals surface area contributed by atoms with Crippen molar-refractivity contribution in [1.82, 2.24) is 0 Å². The molecule has 0 aromatic heterocycles. The summed E-state index contributed by atoms with van der Waals surface area (Å²) < 4.78 is 5.76. The van der Waals surface area contributed by atoms with Crippen LogP contribution in [0.1, 0.15) is 121 Å². The number of hydrogen-bond acceptors (Lipinski definition) is 2. The lowest BCUT2D eigenvalue weighted by molar-refractivity contribution is 0.0265. The number of esters is 1. The number of benzene rings is 1. The Balaban J connectivity index is 2.51. The molecule has 0 aliphatic carbocycles. The van der Waals surface area contributed by atoms with Crippen LogP contribution in [0.3, 0.4) is 0 Å². The van der Waals surface area contributed by atoms with Crippen LogP contribution in [0.4, 0.5) is 0 Å². The third kappa shape index (κ3) is 10.3. The Hall–Kier alpha value is -1.31. The summed E-state index contributed by atoms with van der Waals surface area (Å²) in [5, 5.41) is 0. The lowest BCUT2D eigenvalue weighted by Crippen LogP contribution is -2.25. The molecule has 0 N–H and O–H groups in total. The molecule has 2 nitrogen and oxygen atoms in total. The zero-order chi connectivity index (χ0) is 20.7. The Labute approximate surface area is 174 Å². The van der Waals surface area contributed by atoms with Crippen LogP contribution in [0.25, 0.3) is 0 Å². The van der Waals surface area contributed by atoms with Gasteiger partial charge in [-0.15, -0.1) is 0 Å². The minimum Gasteiger partial charge on any atom is -0.462 e. The largest absolute Gasteiger partial charge is 0.462 e. The van der Waals surface area contributed by atoms with Gasteiger partial charge in [0.05, 0.1) is 12.2 Å². The van der Waals surface area contributed by atoms with Gasteiger partial charge in [-0.1, -0.05) is 97.6 Å². The summed E-state index contributed by atoms with van der Waals surface area (Å²) in [6.07, 6.45) is 15.9. The highest BCUT2D eigenvalue weighted by molar-refractivity contribution is 5.89. The number of rotatable bonds is 16. The van der Waals surface area contributed by atoms with Gasteiger partial charge >= 0.3 is 5.97 Å². The van der Waals surface area contributed by atoms with Crippen LogP contribution in [-0.2, 0) is 11.2 Å². The van der Waals surface area contributed by atoms with Crippen LogP contribution in [0, 0.1) is 5.41 Å². The third-order valence-corrected chi connectivity index (χ3v) is 5.83. The van der Waals surface area contributed by atoms with Gasteiger partial charge in [-0.3, -0.25) is 0 Å². The molecule has 0 saturated carbocycles. The second-order valence-electron chi connectivity index (χ2n) is 8.81. The molecule has 0 saturated heterocycles. The maximum Gasteiger partial charge on any atom is 0.338 e. The summed E-state index contributed by atoms with van der Waals surface area (Å²) in [6.45, 7) is 9.54. The number of carbonyl (C=O) groups excluding carboxylic acids is 1. The Morgan fingerprint density at radius 2 is 1.36 bits per heavy atom. The van der Waals surface area contributed by atoms with Gasteiger partial charge in [0.15, 0.2) is 0 Å². The van der Waals surface area contributed by atoms with Crippen molar-refractivity contribution in [3.63, 3.8) is 0 Å². The van der Waals surface area contributed by atoms with Crippen LogP contribution < -0.4 is 0 Å². The second-order valence-corrected chi connectivity index (χ2v) is 8.81. The molecule has 0 amide bonds. The van der Waals surface area contributed by atoms with Crippen LogP contribution in [-0.4, -0.2) is 12.6 Å². The van der Waals surface area contributed by atoms with E-state index >= 15 is 0 Å². The van der Waals surface area contributed by atoms with Crippen molar-refractivity contribution in [2.24, 2.45) is 5.41 Å². The second kappa shape index (κ2) is 14.7. The molecule has 0 radical (unpaired) electrons. The number of hydrogen-bond donors (Lipinski definition) is 0. The van der Waals surface area contributed by atoms with Crippen LogP contribution >= 0.6 is 0 Å². The van der Waals surface area contributed by atoms with Gasteiger partial charge in [-0.05, 0) is 43.4 Å². The van der Waals surface area contributed by atoms with Crippen molar-refractivity contribution in [2.45, 2.75) is 111 Å². The first-order valence-electron chi connectivity index (χ1n) is 11.8. The molecular weight excluding hydrogens is 344 g/mol. The molecule has 1 atom stereocenters. The van der Waals surface area contributed by atoms with Crippen molar-refractivity contribution in [3.8, 4) is 0 Å². The SMILES string of the molecule is CCCCCCc1ccc(C(=O)OCC(C)(CCCC)CCCCCC)cc1. The van der Waals surface area contributed by atoms with E-state index in [-0.39, 0.29) is 11.4 Å². The van der Waals surface area contributed by atoms with E-state index in [4.69, 9.17) is 4.74 Å². The maximum atomic E-state index is 12.5. The Morgan fingerprint density at radius 3 is 1.96 bits per heavy atom. The van der Waals surface area contributed by atoms with E-state index < -0.39 is 0 Å². The Bertz CT molecular complexity index is 520. The number of unbranched alkanes of at least 4 members (excludes halogenated alkanes) is 7. The van der Waals surface area contributed by atoms with Gasteiger partial charge in [-0.2, -0.15) is 0 Å². The van der Waals surface area contributed by atoms with E-state index in [1.807, 2.05) is 12.1 Å². The van der Waals surface area contributed by atoms with Gasteiger partial charge in [0, 0.05) is 5.41 Å². The number of ether oxygens (including phenoxy) is 1. The Morgan fingerprint density at radius 1 is 0.786 bits per heavy atom. The highest BCUT2D eigenvalue weighted by atomic mass is 16.5.